The molecule has 0 saturated carbocycles. The van der Waals surface area contributed by atoms with Crippen molar-refractivity contribution < 1.29 is 24.1 Å². The largest absolute Gasteiger partial charge is 0.445 e. The van der Waals surface area contributed by atoms with Crippen LogP contribution in [0.5, 0.6) is 0 Å². The second-order valence-electron chi connectivity index (χ2n) is 11.7. The molecule has 2 N–H and O–H groups in total. The number of carbonyl (C=O) groups is 1. The molecule has 3 heterocycles. The molecule has 10 nitrogen and oxygen atoms in total. The van der Waals surface area contributed by atoms with Crippen LogP contribution in [0.3, 0.4) is 0 Å². The number of aromatic nitrogens is 2. The molecule has 0 aliphatic carbocycles. The van der Waals surface area contributed by atoms with Gasteiger partial charge >= 0.3 is 6.09 Å². The number of piperazine rings is 1. The predicted molar refractivity (Wildman–Crippen MR) is 179 cm³/mol. The predicted octanol–water partition coefficient (Wildman–Crippen LogP) is 5.42. The fourth-order valence-corrected chi connectivity index (χ4v) is 5.96. The first-order valence-corrected chi connectivity index (χ1v) is 16.0. The maximum atomic E-state index is 11.8. The summed E-state index contributed by atoms with van der Waals surface area (Å²) in [5.74, 6) is 0.775. The summed E-state index contributed by atoms with van der Waals surface area (Å²) in [5, 5.41) is 12.3. The minimum atomic E-state index is -0.526. The molecule has 0 radical (unpaired) electrons. The normalized spacial score (nSPS) is 20.0. The van der Waals surface area contributed by atoms with Crippen LogP contribution < -0.4 is 10.2 Å². The first-order valence-electron chi connectivity index (χ1n) is 16.0. The number of ether oxygens (including phenoxy) is 3. The monoisotopic (exact) mass is 635 g/mol. The van der Waals surface area contributed by atoms with Crippen LogP contribution >= 0.6 is 0 Å². The number of aliphatic hydroxyl groups is 1. The zero-order valence-electron chi connectivity index (χ0n) is 26.4. The molecule has 3 atom stereocenters. The van der Waals surface area contributed by atoms with Gasteiger partial charge < -0.3 is 29.5 Å². The van der Waals surface area contributed by atoms with Crippen molar-refractivity contribution in [3.63, 3.8) is 0 Å². The van der Waals surface area contributed by atoms with Crippen LogP contribution in [0.2, 0.25) is 0 Å². The number of carbonyl (C=O) groups excluding carboxylic acids is 1. The van der Waals surface area contributed by atoms with Crippen molar-refractivity contribution in [2.75, 3.05) is 44.2 Å². The number of hydrogen-bond donors (Lipinski definition) is 2. The van der Waals surface area contributed by atoms with E-state index in [4.69, 9.17) is 14.2 Å². The van der Waals surface area contributed by atoms with Crippen LogP contribution in [0, 0.1) is 0 Å². The van der Waals surface area contributed by atoms with Crippen molar-refractivity contribution in [2.24, 2.45) is 0 Å². The summed E-state index contributed by atoms with van der Waals surface area (Å²) < 4.78 is 18.2. The van der Waals surface area contributed by atoms with Crippen LogP contribution in [-0.4, -0.2) is 71.5 Å². The van der Waals surface area contributed by atoms with E-state index in [0.29, 0.717) is 6.54 Å². The Bertz CT molecular complexity index is 1590. The fourth-order valence-electron chi connectivity index (χ4n) is 5.96. The van der Waals surface area contributed by atoms with E-state index >= 15 is 0 Å². The van der Waals surface area contributed by atoms with Crippen molar-refractivity contribution in [3.05, 3.63) is 126 Å². The highest BCUT2D eigenvalue weighted by atomic mass is 16.7. The SMILES string of the molecule is C=CCOC(=O)NCc1cccc(-c2ccc([C@H]3O[C@@H](CN4CCN(c5ncccn5)CC4)C[C@@H](c4ccc(CO)cc4)O3)cc2)c1. The van der Waals surface area contributed by atoms with Crippen molar-refractivity contribution in [1.82, 2.24) is 20.2 Å². The third-order valence-corrected chi connectivity index (χ3v) is 8.50. The summed E-state index contributed by atoms with van der Waals surface area (Å²) in [7, 11) is 0. The number of alkyl carbamates (subject to hydrolysis) is 1. The molecule has 244 valence electrons. The molecule has 0 unspecified atom stereocenters. The van der Waals surface area contributed by atoms with Crippen LogP contribution in [0.4, 0.5) is 10.7 Å². The quantitative estimate of drug-likeness (QED) is 0.209. The maximum Gasteiger partial charge on any atom is 0.407 e. The number of nitrogens with one attached hydrogen (secondary N) is 1. The van der Waals surface area contributed by atoms with Gasteiger partial charge in [0.25, 0.3) is 0 Å². The second-order valence-corrected chi connectivity index (χ2v) is 11.7. The average molecular weight is 636 g/mol. The molecule has 2 saturated heterocycles. The van der Waals surface area contributed by atoms with E-state index < -0.39 is 12.4 Å². The van der Waals surface area contributed by atoms with E-state index in [-0.39, 0.29) is 25.4 Å². The summed E-state index contributed by atoms with van der Waals surface area (Å²) in [6.07, 6.45) is 4.66. The van der Waals surface area contributed by atoms with Crippen molar-refractivity contribution in [1.29, 1.82) is 0 Å². The number of rotatable bonds is 11. The summed E-state index contributed by atoms with van der Waals surface area (Å²) >= 11 is 0. The molecular formula is C37H41N5O5. The van der Waals surface area contributed by atoms with Gasteiger partial charge in [0.2, 0.25) is 5.95 Å². The summed E-state index contributed by atoms with van der Waals surface area (Å²) in [6.45, 7) is 8.43. The molecule has 47 heavy (non-hydrogen) atoms. The molecule has 1 aromatic heterocycles. The van der Waals surface area contributed by atoms with Crippen LogP contribution in [0.25, 0.3) is 11.1 Å². The molecule has 10 heteroatoms. The first-order chi connectivity index (χ1) is 23.1. The summed E-state index contributed by atoms with van der Waals surface area (Å²) in [5.41, 5.74) is 5.95. The van der Waals surface area contributed by atoms with Gasteiger partial charge in [0.15, 0.2) is 6.29 Å². The number of amides is 1. The highest BCUT2D eigenvalue weighted by Gasteiger charge is 2.34. The zero-order valence-corrected chi connectivity index (χ0v) is 26.4. The van der Waals surface area contributed by atoms with Gasteiger partial charge in [-0.3, -0.25) is 4.90 Å². The van der Waals surface area contributed by atoms with E-state index in [0.717, 1.165) is 78.5 Å². The van der Waals surface area contributed by atoms with E-state index in [9.17, 15) is 9.90 Å². The topological polar surface area (TPSA) is 109 Å². The lowest BCUT2D eigenvalue weighted by Gasteiger charge is -2.40. The number of benzene rings is 3. The smallest absolute Gasteiger partial charge is 0.407 e. The lowest BCUT2D eigenvalue weighted by Crippen LogP contribution is -2.50. The van der Waals surface area contributed by atoms with Crippen LogP contribution in [0.1, 0.15) is 41.1 Å². The molecule has 4 aromatic rings. The third-order valence-electron chi connectivity index (χ3n) is 8.50. The van der Waals surface area contributed by atoms with Crippen molar-refractivity contribution >= 4 is 12.0 Å². The second kappa shape index (κ2) is 15.8. The first kappa shape index (κ1) is 32.3. The lowest BCUT2D eigenvalue weighted by atomic mass is 9.99. The summed E-state index contributed by atoms with van der Waals surface area (Å²) in [4.78, 5) is 25.3. The Morgan fingerprint density at radius 3 is 2.38 bits per heavy atom. The molecule has 0 spiro atoms. The molecule has 0 bridgehead atoms. The molecule has 3 aromatic carbocycles. The number of nitrogens with zero attached hydrogens (tertiary/aromatic N) is 4. The lowest BCUT2D eigenvalue weighted by molar-refractivity contribution is -0.253. The van der Waals surface area contributed by atoms with Gasteiger partial charge in [-0.15, -0.1) is 0 Å². The third kappa shape index (κ3) is 8.60. The standard InChI is InChI=1S/C37H41N5O5/c1-2-21-45-37(44)40-24-28-5-3-6-32(22-28)29-11-13-31(14-12-29)35-46-33(23-34(47-35)30-9-7-27(26-43)8-10-30)25-41-17-19-42(20-18-41)36-38-15-4-16-39-36/h2-16,22,33-35,43H,1,17-21,23-26H2,(H,40,44)/t33-,34+,35+/m1/s1. The Morgan fingerprint density at radius 2 is 1.66 bits per heavy atom. The summed E-state index contributed by atoms with van der Waals surface area (Å²) in [6, 6.07) is 26.1. The molecule has 6 rings (SSSR count). The number of aliphatic hydroxyl groups excluding tert-OH is 1. The van der Waals surface area contributed by atoms with E-state index in [1.54, 1.807) is 12.4 Å². The van der Waals surface area contributed by atoms with Crippen LogP contribution in [-0.2, 0) is 27.4 Å². The number of anilines is 1. The Hall–Kier alpha value is -4.61. The van der Waals surface area contributed by atoms with Gasteiger partial charge in [-0.05, 0) is 39.9 Å². The van der Waals surface area contributed by atoms with Gasteiger partial charge in [-0.1, -0.05) is 79.4 Å². The minimum Gasteiger partial charge on any atom is -0.445 e. The maximum absolute atomic E-state index is 11.8. The number of hydrogen-bond acceptors (Lipinski definition) is 9. The average Bonchev–Trinajstić information content (AvgIpc) is 3.14. The molecular weight excluding hydrogens is 594 g/mol. The Morgan fingerprint density at radius 1 is 0.915 bits per heavy atom. The Balaban J connectivity index is 1.13. The van der Waals surface area contributed by atoms with Gasteiger partial charge in [-0.2, -0.15) is 0 Å². The molecule has 2 aliphatic rings. The van der Waals surface area contributed by atoms with E-state index in [1.807, 2.05) is 48.5 Å². The molecule has 2 aliphatic heterocycles. The Kier molecular flexibility index (Phi) is 10.9. The zero-order chi connectivity index (χ0) is 32.4. The van der Waals surface area contributed by atoms with E-state index in [1.165, 1.54) is 6.08 Å². The molecule has 1 amide bonds. The fraction of sp³-hybridized carbons (Fsp3) is 0.324. The van der Waals surface area contributed by atoms with Gasteiger partial charge in [-0.25, -0.2) is 14.8 Å². The van der Waals surface area contributed by atoms with Crippen molar-refractivity contribution in [2.45, 2.75) is 38.1 Å². The van der Waals surface area contributed by atoms with E-state index in [2.05, 4.69) is 62.0 Å². The minimum absolute atomic E-state index is 0.00814. The highest BCUT2D eigenvalue weighted by molar-refractivity contribution is 5.68. The van der Waals surface area contributed by atoms with Crippen molar-refractivity contribution in [3.8, 4) is 11.1 Å². The van der Waals surface area contributed by atoms with Gasteiger partial charge in [0.1, 0.15) is 6.61 Å². The Labute approximate surface area is 275 Å². The highest BCUT2D eigenvalue weighted by Crippen LogP contribution is 2.38. The molecule has 2 fully saturated rings. The van der Waals surface area contributed by atoms with Gasteiger partial charge in [0, 0.05) is 63.6 Å². The van der Waals surface area contributed by atoms with Gasteiger partial charge in [0.05, 0.1) is 18.8 Å². The van der Waals surface area contributed by atoms with Crippen LogP contribution in [0.15, 0.2) is 104 Å².